The molecule has 1 heterocycles. The summed E-state index contributed by atoms with van der Waals surface area (Å²) in [5.74, 6) is 0.763. The van der Waals surface area contributed by atoms with Gasteiger partial charge < -0.3 is 11.1 Å². The van der Waals surface area contributed by atoms with E-state index >= 15 is 0 Å². The van der Waals surface area contributed by atoms with Gasteiger partial charge in [0, 0.05) is 28.1 Å². The van der Waals surface area contributed by atoms with Crippen molar-refractivity contribution in [1.29, 1.82) is 0 Å². The lowest BCUT2D eigenvalue weighted by molar-refractivity contribution is 1.25. The first-order valence-corrected chi connectivity index (χ1v) is 6.52. The largest absolute Gasteiger partial charge is 0.398 e. The van der Waals surface area contributed by atoms with Crippen molar-refractivity contribution in [2.75, 3.05) is 11.1 Å². The Morgan fingerprint density at radius 1 is 1.06 bits per heavy atom. The van der Waals surface area contributed by atoms with Gasteiger partial charge in [0.25, 0.3) is 0 Å². The van der Waals surface area contributed by atoms with Crippen molar-refractivity contribution >= 4 is 33.1 Å². The van der Waals surface area contributed by atoms with Crippen molar-refractivity contribution in [2.45, 2.75) is 20.8 Å². The second-order valence-electron chi connectivity index (χ2n) is 4.48. The van der Waals surface area contributed by atoms with E-state index in [4.69, 9.17) is 5.73 Å². The Hall–Kier alpha value is -1.55. The average Bonchev–Trinajstić information content (AvgIpc) is 2.31. The Balaban J connectivity index is 2.31. The molecule has 0 aliphatic carbocycles. The molecule has 0 aliphatic rings. The molecule has 0 unspecified atom stereocenters. The quantitative estimate of drug-likeness (QED) is 0.878. The zero-order chi connectivity index (χ0) is 13.3. The van der Waals surface area contributed by atoms with Crippen LogP contribution in [0, 0.1) is 20.8 Å². The second kappa shape index (κ2) is 4.98. The summed E-state index contributed by atoms with van der Waals surface area (Å²) in [5, 5.41) is 3.27. The molecular weight excluding hydrogens is 290 g/mol. The van der Waals surface area contributed by atoms with Crippen molar-refractivity contribution < 1.29 is 0 Å². The summed E-state index contributed by atoms with van der Waals surface area (Å²) >= 11 is 3.56. The molecule has 0 fully saturated rings. The average molecular weight is 306 g/mol. The molecule has 0 bridgehead atoms. The molecule has 3 N–H and O–H groups in total. The highest BCUT2D eigenvalue weighted by molar-refractivity contribution is 9.10. The summed E-state index contributed by atoms with van der Waals surface area (Å²) in [6.45, 7) is 6.08. The molecule has 0 radical (unpaired) electrons. The number of halogens is 1. The van der Waals surface area contributed by atoms with Gasteiger partial charge in [-0.1, -0.05) is 15.9 Å². The molecule has 1 aromatic heterocycles. The number of nitrogens with zero attached hydrogens (tertiary/aromatic N) is 1. The number of hydrogen-bond acceptors (Lipinski definition) is 3. The molecule has 0 saturated heterocycles. The minimum atomic E-state index is 0.748. The number of aromatic nitrogens is 1. The molecule has 0 aliphatic heterocycles. The normalized spacial score (nSPS) is 10.4. The fraction of sp³-hybridized carbons (Fsp3) is 0.214. The molecule has 0 spiro atoms. The lowest BCUT2D eigenvalue weighted by Crippen LogP contribution is -1.98. The zero-order valence-corrected chi connectivity index (χ0v) is 12.3. The highest BCUT2D eigenvalue weighted by Crippen LogP contribution is 2.27. The lowest BCUT2D eigenvalue weighted by Gasteiger charge is -2.11. The van der Waals surface area contributed by atoms with Crippen LogP contribution in [0.2, 0.25) is 0 Å². The van der Waals surface area contributed by atoms with Crippen LogP contribution >= 0.6 is 15.9 Å². The SMILES string of the molecule is Cc1cnc(Nc2cc(C)c(Br)c(C)c2)cc1N. The van der Waals surface area contributed by atoms with E-state index in [9.17, 15) is 0 Å². The molecule has 2 rings (SSSR count). The van der Waals surface area contributed by atoms with Crippen molar-refractivity contribution in [1.82, 2.24) is 4.98 Å². The van der Waals surface area contributed by atoms with Gasteiger partial charge in [0.2, 0.25) is 0 Å². The molecule has 0 atom stereocenters. The van der Waals surface area contributed by atoms with E-state index in [1.165, 1.54) is 11.1 Å². The molecule has 2 aromatic rings. The van der Waals surface area contributed by atoms with E-state index in [1.54, 1.807) is 6.20 Å². The molecule has 18 heavy (non-hydrogen) atoms. The third-order valence-electron chi connectivity index (χ3n) is 2.85. The van der Waals surface area contributed by atoms with E-state index in [0.29, 0.717) is 0 Å². The van der Waals surface area contributed by atoms with Crippen LogP contribution in [0.1, 0.15) is 16.7 Å². The highest BCUT2D eigenvalue weighted by atomic mass is 79.9. The maximum Gasteiger partial charge on any atom is 0.132 e. The third-order valence-corrected chi connectivity index (χ3v) is 4.10. The fourth-order valence-electron chi connectivity index (χ4n) is 1.77. The molecule has 0 amide bonds. The maximum absolute atomic E-state index is 5.87. The zero-order valence-electron chi connectivity index (χ0n) is 10.7. The number of anilines is 3. The number of nitrogen functional groups attached to an aromatic ring is 1. The van der Waals surface area contributed by atoms with Gasteiger partial charge in [-0.05, 0) is 49.6 Å². The van der Waals surface area contributed by atoms with Gasteiger partial charge >= 0.3 is 0 Å². The van der Waals surface area contributed by atoms with E-state index in [0.717, 1.165) is 27.2 Å². The predicted molar refractivity (Wildman–Crippen MR) is 80.3 cm³/mol. The van der Waals surface area contributed by atoms with Crippen LogP contribution in [-0.4, -0.2) is 4.98 Å². The summed E-state index contributed by atoms with van der Waals surface area (Å²) < 4.78 is 1.14. The van der Waals surface area contributed by atoms with Gasteiger partial charge in [0.1, 0.15) is 5.82 Å². The minimum Gasteiger partial charge on any atom is -0.398 e. The van der Waals surface area contributed by atoms with E-state index in [1.807, 2.05) is 13.0 Å². The monoisotopic (exact) mass is 305 g/mol. The molecule has 3 nitrogen and oxygen atoms in total. The summed E-state index contributed by atoms with van der Waals surface area (Å²) in [6.07, 6.45) is 1.77. The van der Waals surface area contributed by atoms with Crippen LogP contribution in [0.25, 0.3) is 0 Å². The van der Waals surface area contributed by atoms with Crippen molar-refractivity contribution in [3.8, 4) is 0 Å². The number of benzene rings is 1. The van der Waals surface area contributed by atoms with Crippen LogP contribution in [0.5, 0.6) is 0 Å². The summed E-state index contributed by atoms with van der Waals surface area (Å²) in [7, 11) is 0. The smallest absolute Gasteiger partial charge is 0.132 e. The molecule has 1 aromatic carbocycles. The van der Waals surface area contributed by atoms with Gasteiger partial charge in [-0.15, -0.1) is 0 Å². The van der Waals surface area contributed by atoms with Crippen LogP contribution in [0.3, 0.4) is 0 Å². The number of hydrogen-bond donors (Lipinski definition) is 2. The first kappa shape index (κ1) is 12.9. The molecule has 94 valence electrons. The van der Waals surface area contributed by atoms with E-state index < -0.39 is 0 Å². The summed E-state index contributed by atoms with van der Waals surface area (Å²) in [4.78, 5) is 4.31. The lowest BCUT2D eigenvalue weighted by atomic mass is 10.1. The third kappa shape index (κ3) is 2.64. The first-order chi connectivity index (χ1) is 8.47. The van der Waals surface area contributed by atoms with Gasteiger partial charge in [0.15, 0.2) is 0 Å². The minimum absolute atomic E-state index is 0.748. The van der Waals surface area contributed by atoms with Crippen LogP contribution < -0.4 is 11.1 Å². The van der Waals surface area contributed by atoms with Crippen molar-refractivity contribution in [3.05, 3.63) is 45.6 Å². The van der Waals surface area contributed by atoms with Gasteiger partial charge in [-0.2, -0.15) is 0 Å². The number of nitrogens with two attached hydrogens (primary N) is 1. The predicted octanol–water partition coefficient (Wildman–Crippen LogP) is 4.10. The van der Waals surface area contributed by atoms with Gasteiger partial charge in [-0.3, -0.25) is 0 Å². The molecular formula is C14H16BrN3. The van der Waals surface area contributed by atoms with Crippen molar-refractivity contribution in [3.63, 3.8) is 0 Å². The van der Waals surface area contributed by atoms with Gasteiger partial charge in [0.05, 0.1) is 0 Å². The van der Waals surface area contributed by atoms with Crippen LogP contribution in [-0.2, 0) is 0 Å². The standard InChI is InChI=1S/C14H16BrN3/c1-8-4-11(5-9(2)14(8)15)18-13-6-12(16)10(3)7-17-13/h4-7H,1-3H3,(H3,16,17,18). The highest BCUT2D eigenvalue weighted by Gasteiger charge is 2.04. The number of rotatable bonds is 2. The number of nitrogens with one attached hydrogen (secondary N) is 1. The Morgan fingerprint density at radius 3 is 2.22 bits per heavy atom. The summed E-state index contributed by atoms with van der Waals surface area (Å²) in [6, 6.07) is 6.01. The fourth-order valence-corrected chi connectivity index (χ4v) is 2.00. The Kier molecular flexibility index (Phi) is 3.57. The van der Waals surface area contributed by atoms with Crippen LogP contribution in [0.4, 0.5) is 17.2 Å². The maximum atomic E-state index is 5.87. The van der Waals surface area contributed by atoms with Crippen LogP contribution in [0.15, 0.2) is 28.9 Å². The molecule has 0 saturated carbocycles. The topological polar surface area (TPSA) is 50.9 Å². The Bertz CT molecular complexity index is 571. The van der Waals surface area contributed by atoms with E-state index in [-0.39, 0.29) is 0 Å². The van der Waals surface area contributed by atoms with Gasteiger partial charge in [-0.25, -0.2) is 4.98 Å². The number of aryl methyl sites for hydroxylation is 3. The Labute approximate surface area is 116 Å². The van der Waals surface area contributed by atoms with E-state index in [2.05, 4.69) is 52.2 Å². The first-order valence-electron chi connectivity index (χ1n) is 5.73. The second-order valence-corrected chi connectivity index (χ2v) is 5.27. The van der Waals surface area contributed by atoms with Crippen molar-refractivity contribution in [2.24, 2.45) is 0 Å². The Morgan fingerprint density at radius 2 is 1.67 bits per heavy atom. The summed E-state index contributed by atoms with van der Waals surface area (Å²) in [5.41, 5.74) is 11.0. The molecule has 4 heteroatoms. The number of pyridine rings is 1.